The molecular weight excluding hydrogens is 379 g/mol. The third-order valence-electron chi connectivity index (χ3n) is 4.57. The van der Waals surface area contributed by atoms with Crippen LogP contribution < -0.4 is 4.72 Å². The number of fused-ring (bicyclic) bond motifs is 1. The molecule has 0 fully saturated rings. The molecule has 9 heteroatoms. The Labute approximate surface area is 154 Å². The van der Waals surface area contributed by atoms with Gasteiger partial charge in [0.25, 0.3) is 10.0 Å². The highest BCUT2D eigenvalue weighted by molar-refractivity contribution is 7.92. The molecule has 1 heterocycles. The van der Waals surface area contributed by atoms with Crippen molar-refractivity contribution in [1.82, 2.24) is 9.97 Å². The number of alkyl halides is 3. The van der Waals surface area contributed by atoms with E-state index in [1.165, 1.54) is 18.2 Å². The van der Waals surface area contributed by atoms with Gasteiger partial charge in [0.1, 0.15) is 0 Å². The Balaban J connectivity index is 2.04. The van der Waals surface area contributed by atoms with Gasteiger partial charge in [0, 0.05) is 0 Å². The Hall–Kier alpha value is -2.55. The van der Waals surface area contributed by atoms with Crippen LogP contribution in [0.15, 0.2) is 29.2 Å². The lowest BCUT2D eigenvalue weighted by atomic mass is 10.0. The number of anilines is 1. The third kappa shape index (κ3) is 3.51. The van der Waals surface area contributed by atoms with E-state index in [-0.39, 0.29) is 21.6 Å². The molecule has 0 bridgehead atoms. The predicted molar refractivity (Wildman–Crippen MR) is 97.3 cm³/mol. The summed E-state index contributed by atoms with van der Waals surface area (Å²) in [7, 11) is -3.92. The van der Waals surface area contributed by atoms with Crippen molar-refractivity contribution in [2.24, 2.45) is 0 Å². The Morgan fingerprint density at radius 3 is 2.15 bits per heavy atom. The maximum atomic E-state index is 12.9. The minimum Gasteiger partial charge on any atom is -0.334 e. The van der Waals surface area contributed by atoms with E-state index in [1.54, 1.807) is 13.8 Å². The highest BCUT2D eigenvalue weighted by Crippen LogP contribution is 2.31. The molecule has 0 saturated carbocycles. The second kappa shape index (κ2) is 6.26. The van der Waals surface area contributed by atoms with Crippen molar-refractivity contribution >= 4 is 26.7 Å². The van der Waals surface area contributed by atoms with Gasteiger partial charge >= 0.3 is 6.18 Å². The summed E-state index contributed by atoms with van der Waals surface area (Å²) in [5, 5.41) is 0. The van der Waals surface area contributed by atoms with Crippen LogP contribution >= 0.6 is 0 Å². The van der Waals surface area contributed by atoms with Crippen LogP contribution in [0.3, 0.4) is 0 Å². The fourth-order valence-corrected chi connectivity index (χ4v) is 4.66. The standard InChI is InChI=1S/C18H18F3N3O2S/c1-9-7-10(2)12(4)16(11(9)3)27(25,26)24-13-5-6-14-15(8-13)23-17(22-14)18(19,20)21/h5-8,24H,1-4H3,(H,22,23). The Morgan fingerprint density at radius 2 is 1.59 bits per heavy atom. The molecule has 0 atom stereocenters. The minimum absolute atomic E-state index is 0.0939. The fourth-order valence-electron chi connectivity index (χ4n) is 3.00. The van der Waals surface area contributed by atoms with E-state index in [4.69, 9.17) is 0 Å². The van der Waals surface area contributed by atoms with Crippen molar-refractivity contribution in [3.8, 4) is 0 Å². The molecule has 1 aromatic heterocycles. The number of hydrogen-bond acceptors (Lipinski definition) is 3. The Bertz CT molecular complexity index is 1120. The smallest absolute Gasteiger partial charge is 0.334 e. The number of nitrogens with zero attached hydrogens (tertiary/aromatic N) is 1. The van der Waals surface area contributed by atoms with Gasteiger partial charge in [-0.3, -0.25) is 4.72 Å². The molecule has 0 aliphatic heterocycles. The number of imidazole rings is 1. The number of aromatic amines is 1. The first-order valence-corrected chi connectivity index (χ1v) is 9.55. The molecule has 2 N–H and O–H groups in total. The Morgan fingerprint density at radius 1 is 1.00 bits per heavy atom. The zero-order chi connectivity index (χ0) is 20.1. The molecule has 3 aromatic rings. The van der Waals surface area contributed by atoms with E-state index >= 15 is 0 Å². The third-order valence-corrected chi connectivity index (χ3v) is 6.22. The average molecular weight is 397 g/mol. The highest BCUT2D eigenvalue weighted by atomic mass is 32.2. The number of halogens is 3. The lowest BCUT2D eigenvalue weighted by Crippen LogP contribution is -2.17. The molecule has 27 heavy (non-hydrogen) atoms. The van der Waals surface area contributed by atoms with E-state index in [0.717, 1.165) is 11.1 Å². The summed E-state index contributed by atoms with van der Waals surface area (Å²) in [5.41, 5.74) is 3.30. The molecule has 5 nitrogen and oxygen atoms in total. The van der Waals surface area contributed by atoms with E-state index in [2.05, 4.69) is 14.7 Å². The number of hydrogen-bond donors (Lipinski definition) is 2. The highest BCUT2D eigenvalue weighted by Gasteiger charge is 2.34. The lowest BCUT2D eigenvalue weighted by Gasteiger charge is -2.16. The van der Waals surface area contributed by atoms with Gasteiger partial charge in [0.15, 0.2) is 0 Å². The number of aromatic nitrogens is 2. The van der Waals surface area contributed by atoms with E-state index in [0.29, 0.717) is 11.1 Å². The molecule has 0 saturated heterocycles. The summed E-state index contributed by atoms with van der Waals surface area (Å²) in [6, 6.07) is 5.93. The maximum absolute atomic E-state index is 12.9. The number of aryl methyl sites for hydroxylation is 2. The summed E-state index contributed by atoms with van der Waals surface area (Å²) in [6.45, 7) is 7.11. The van der Waals surface area contributed by atoms with Crippen LogP contribution in [0.25, 0.3) is 11.0 Å². The largest absolute Gasteiger partial charge is 0.449 e. The number of benzene rings is 2. The average Bonchev–Trinajstić information content (AvgIpc) is 2.96. The van der Waals surface area contributed by atoms with Crippen LogP contribution in [-0.4, -0.2) is 18.4 Å². The molecule has 144 valence electrons. The topological polar surface area (TPSA) is 74.8 Å². The van der Waals surface area contributed by atoms with Gasteiger partial charge in [0.05, 0.1) is 21.6 Å². The Kier molecular flexibility index (Phi) is 4.46. The second-order valence-corrected chi connectivity index (χ2v) is 8.13. The first-order chi connectivity index (χ1) is 12.4. The van der Waals surface area contributed by atoms with Crippen LogP contribution in [-0.2, 0) is 16.2 Å². The van der Waals surface area contributed by atoms with Gasteiger partial charge in [-0.1, -0.05) is 6.07 Å². The molecule has 2 aromatic carbocycles. The summed E-state index contributed by atoms with van der Waals surface area (Å²) in [4.78, 5) is 5.83. The molecule has 0 amide bonds. The normalized spacial score (nSPS) is 12.6. The van der Waals surface area contributed by atoms with Gasteiger partial charge in [-0.2, -0.15) is 13.2 Å². The summed E-state index contributed by atoms with van der Waals surface area (Å²) < 4.78 is 66.7. The first-order valence-electron chi connectivity index (χ1n) is 8.07. The van der Waals surface area contributed by atoms with E-state index in [1.807, 2.05) is 19.9 Å². The lowest BCUT2D eigenvalue weighted by molar-refractivity contribution is -0.144. The summed E-state index contributed by atoms with van der Waals surface area (Å²) >= 11 is 0. The van der Waals surface area contributed by atoms with Gasteiger partial charge in [-0.25, -0.2) is 13.4 Å². The summed E-state index contributed by atoms with van der Waals surface area (Å²) in [6.07, 6.45) is -4.61. The van der Waals surface area contributed by atoms with Crippen molar-refractivity contribution in [2.45, 2.75) is 38.8 Å². The monoisotopic (exact) mass is 397 g/mol. The van der Waals surface area contributed by atoms with Gasteiger partial charge in [-0.05, 0) is 68.1 Å². The minimum atomic E-state index is -4.61. The number of sulfonamides is 1. The second-order valence-electron chi connectivity index (χ2n) is 6.51. The van der Waals surface area contributed by atoms with Gasteiger partial charge in [0.2, 0.25) is 5.82 Å². The quantitative estimate of drug-likeness (QED) is 0.677. The summed E-state index contributed by atoms with van der Waals surface area (Å²) in [5.74, 6) is -1.13. The number of nitrogens with one attached hydrogen (secondary N) is 2. The molecule has 0 radical (unpaired) electrons. The van der Waals surface area contributed by atoms with Crippen LogP contribution in [0.2, 0.25) is 0 Å². The number of rotatable bonds is 3. The van der Waals surface area contributed by atoms with Crippen molar-refractivity contribution < 1.29 is 21.6 Å². The molecular formula is C18H18F3N3O2S. The predicted octanol–water partition coefficient (Wildman–Crippen LogP) is 4.62. The van der Waals surface area contributed by atoms with Gasteiger partial charge in [-0.15, -0.1) is 0 Å². The molecule has 0 aliphatic carbocycles. The van der Waals surface area contributed by atoms with Crippen LogP contribution in [0, 0.1) is 27.7 Å². The van der Waals surface area contributed by atoms with Crippen LogP contribution in [0.4, 0.5) is 18.9 Å². The molecule has 0 unspecified atom stereocenters. The van der Waals surface area contributed by atoms with Crippen LogP contribution in [0.5, 0.6) is 0 Å². The zero-order valence-electron chi connectivity index (χ0n) is 15.1. The molecule has 3 rings (SSSR count). The SMILES string of the molecule is Cc1cc(C)c(C)c(S(=O)(=O)Nc2ccc3nc(C(F)(F)F)[nH]c3c2)c1C. The molecule has 0 aliphatic rings. The van der Waals surface area contributed by atoms with E-state index < -0.39 is 22.0 Å². The van der Waals surface area contributed by atoms with E-state index in [9.17, 15) is 21.6 Å². The maximum Gasteiger partial charge on any atom is 0.449 e. The number of H-pyrrole nitrogens is 1. The zero-order valence-corrected chi connectivity index (χ0v) is 15.9. The van der Waals surface area contributed by atoms with Crippen molar-refractivity contribution in [1.29, 1.82) is 0 Å². The first kappa shape index (κ1) is 19.2. The van der Waals surface area contributed by atoms with Crippen molar-refractivity contribution in [2.75, 3.05) is 4.72 Å². The van der Waals surface area contributed by atoms with Crippen molar-refractivity contribution in [3.05, 3.63) is 52.3 Å². The van der Waals surface area contributed by atoms with Crippen molar-refractivity contribution in [3.63, 3.8) is 0 Å². The fraction of sp³-hybridized carbons (Fsp3) is 0.278. The van der Waals surface area contributed by atoms with Gasteiger partial charge < -0.3 is 4.98 Å². The molecule has 0 spiro atoms. The van der Waals surface area contributed by atoms with Crippen LogP contribution in [0.1, 0.15) is 28.1 Å².